The molecule has 0 saturated carbocycles. The molecule has 0 amide bonds. The summed E-state index contributed by atoms with van der Waals surface area (Å²) < 4.78 is 13.8. The van der Waals surface area contributed by atoms with Crippen LogP contribution in [0.2, 0.25) is 5.02 Å². The van der Waals surface area contributed by atoms with Crippen molar-refractivity contribution in [2.24, 2.45) is 0 Å². The Kier molecular flexibility index (Phi) is 4.05. The van der Waals surface area contributed by atoms with Crippen LogP contribution in [0.1, 0.15) is 18.4 Å². The highest BCUT2D eigenvalue weighted by molar-refractivity contribution is 6.31. The largest absolute Gasteiger partial charge is 0.343 e. The fourth-order valence-corrected chi connectivity index (χ4v) is 2.85. The minimum Gasteiger partial charge on any atom is -0.343 e. The Hall–Kier alpha value is -1.36. The van der Waals surface area contributed by atoms with Crippen LogP contribution in [0.4, 0.5) is 0 Å². The van der Waals surface area contributed by atoms with Gasteiger partial charge in [-0.05, 0) is 12.5 Å². The van der Waals surface area contributed by atoms with E-state index in [9.17, 15) is 0 Å². The van der Waals surface area contributed by atoms with Crippen LogP contribution in [0.5, 0.6) is 0 Å². The van der Waals surface area contributed by atoms with Gasteiger partial charge in [-0.2, -0.15) is 0 Å². The van der Waals surface area contributed by atoms with E-state index in [-0.39, 0.29) is 0 Å². The van der Waals surface area contributed by atoms with E-state index in [1.807, 2.05) is 36.8 Å². The van der Waals surface area contributed by atoms with Gasteiger partial charge in [0.25, 0.3) is 0 Å². The fourth-order valence-electron chi connectivity index (χ4n) is 2.57. The van der Waals surface area contributed by atoms with E-state index >= 15 is 0 Å². The summed E-state index contributed by atoms with van der Waals surface area (Å²) >= 11 is 6.30. The number of halogens is 1. The first-order chi connectivity index (χ1) is 9.80. The Labute approximate surface area is 123 Å². The number of hydrogen-bond donors (Lipinski definition) is 0. The SMILES string of the molecule is Clc1ccccc1C1(CCCn2ccnc2)OCCO1. The molecule has 0 aliphatic carbocycles. The lowest BCUT2D eigenvalue weighted by Crippen LogP contribution is -2.28. The van der Waals surface area contributed by atoms with Gasteiger partial charge in [-0.15, -0.1) is 0 Å². The molecule has 106 valence electrons. The van der Waals surface area contributed by atoms with Crippen molar-refractivity contribution in [3.63, 3.8) is 0 Å². The van der Waals surface area contributed by atoms with Crippen molar-refractivity contribution in [3.8, 4) is 0 Å². The van der Waals surface area contributed by atoms with Gasteiger partial charge in [-0.3, -0.25) is 0 Å². The molecule has 2 heterocycles. The zero-order valence-corrected chi connectivity index (χ0v) is 11.9. The summed E-state index contributed by atoms with van der Waals surface area (Å²) in [6.45, 7) is 2.10. The molecule has 0 bridgehead atoms. The smallest absolute Gasteiger partial charge is 0.196 e. The Morgan fingerprint density at radius 1 is 1.25 bits per heavy atom. The molecular weight excluding hydrogens is 276 g/mol. The predicted octanol–water partition coefficient (Wildman–Crippen LogP) is 3.22. The summed E-state index contributed by atoms with van der Waals surface area (Å²) in [5, 5.41) is 0.692. The summed E-state index contributed by atoms with van der Waals surface area (Å²) in [5.74, 6) is -0.696. The first-order valence-corrected chi connectivity index (χ1v) is 7.17. The quantitative estimate of drug-likeness (QED) is 0.849. The third-order valence-electron chi connectivity index (χ3n) is 3.52. The van der Waals surface area contributed by atoms with Gasteiger partial charge in [0, 0.05) is 35.9 Å². The Balaban J connectivity index is 1.73. The van der Waals surface area contributed by atoms with Gasteiger partial charge < -0.3 is 14.0 Å². The summed E-state index contributed by atoms with van der Waals surface area (Å²) in [6.07, 6.45) is 7.26. The van der Waals surface area contributed by atoms with Crippen molar-refractivity contribution in [2.45, 2.75) is 25.2 Å². The lowest BCUT2D eigenvalue weighted by atomic mass is 10.0. The van der Waals surface area contributed by atoms with Crippen LogP contribution in [0.15, 0.2) is 43.0 Å². The molecule has 1 fully saturated rings. The van der Waals surface area contributed by atoms with Crippen LogP contribution >= 0.6 is 11.6 Å². The second kappa shape index (κ2) is 5.95. The lowest BCUT2D eigenvalue weighted by molar-refractivity contribution is -0.171. The van der Waals surface area contributed by atoms with E-state index in [0.29, 0.717) is 18.2 Å². The van der Waals surface area contributed by atoms with Gasteiger partial charge in [0.15, 0.2) is 5.79 Å². The van der Waals surface area contributed by atoms with Gasteiger partial charge in [0.05, 0.1) is 19.5 Å². The zero-order valence-electron chi connectivity index (χ0n) is 11.2. The van der Waals surface area contributed by atoms with Crippen LogP contribution in [-0.2, 0) is 21.8 Å². The minimum absolute atomic E-state index is 0.607. The highest BCUT2D eigenvalue weighted by Gasteiger charge is 2.39. The first kappa shape index (κ1) is 13.6. The van der Waals surface area contributed by atoms with E-state index in [4.69, 9.17) is 21.1 Å². The molecular formula is C15H17ClN2O2. The molecule has 5 heteroatoms. The predicted molar refractivity (Wildman–Crippen MR) is 76.5 cm³/mol. The number of hydrogen-bond acceptors (Lipinski definition) is 3. The molecule has 1 saturated heterocycles. The van der Waals surface area contributed by atoms with Crippen molar-refractivity contribution < 1.29 is 9.47 Å². The van der Waals surface area contributed by atoms with Crippen molar-refractivity contribution in [3.05, 3.63) is 53.6 Å². The molecule has 1 aliphatic rings. The van der Waals surface area contributed by atoms with Crippen LogP contribution in [-0.4, -0.2) is 22.8 Å². The number of aryl methyl sites for hydroxylation is 1. The molecule has 0 N–H and O–H groups in total. The van der Waals surface area contributed by atoms with Crippen molar-refractivity contribution in [2.75, 3.05) is 13.2 Å². The molecule has 20 heavy (non-hydrogen) atoms. The van der Waals surface area contributed by atoms with E-state index < -0.39 is 5.79 Å². The Bertz CT molecular complexity index is 551. The van der Waals surface area contributed by atoms with Crippen LogP contribution in [0.25, 0.3) is 0 Å². The maximum Gasteiger partial charge on any atom is 0.196 e. The normalized spacial score (nSPS) is 17.4. The zero-order chi connectivity index (χ0) is 13.8. The third kappa shape index (κ3) is 2.73. The number of rotatable bonds is 5. The first-order valence-electron chi connectivity index (χ1n) is 6.79. The molecule has 0 unspecified atom stereocenters. The van der Waals surface area contributed by atoms with E-state index in [0.717, 1.165) is 24.9 Å². The summed E-state index contributed by atoms with van der Waals surface area (Å²) in [7, 11) is 0. The summed E-state index contributed by atoms with van der Waals surface area (Å²) in [5.41, 5.74) is 0.921. The highest BCUT2D eigenvalue weighted by Crippen LogP contribution is 2.39. The molecule has 3 rings (SSSR count). The second-order valence-electron chi connectivity index (χ2n) is 4.83. The maximum atomic E-state index is 6.30. The standard InChI is InChI=1S/C15H17ClN2O2/c16-14-5-2-1-4-13(14)15(19-10-11-20-15)6-3-8-18-9-7-17-12-18/h1-2,4-5,7,9,12H,3,6,8,10-11H2. The molecule has 2 aromatic rings. The Morgan fingerprint density at radius 3 is 2.75 bits per heavy atom. The van der Waals surface area contributed by atoms with Gasteiger partial charge in [0.1, 0.15) is 0 Å². The molecule has 0 spiro atoms. The maximum absolute atomic E-state index is 6.30. The van der Waals surface area contributed by atoms with Crippen molar-refractivity contribution >= 4 is 11.6 Å². The molecule has 0 atom stereocenters. The van der Waals surface area contributed by atoms with E-state index in [2.05, 4.69) is 9.55 Å². The number of benzene rings is 1. The van der Waals surface area contributed by atoms with Gasteiger partial charge in [0.2, 0.25) is 0 Å². The molecule has 1 aliphatic heterocycles. The highest BCUT2D eigenvalue weighted by atomic mass is 35.5. The monoisotopic (exact) mass is 292 g/mol. The average molecular weight is 293 g/mol. The average Bonchev–Trinajstić information content (AvgIpc) is 3.11. The fraction of sp³-hybridized carbons (Fsp3) is 0.400. The molecule has 1 aromatic heterocycles. The second-order valence-corrected chi connectivity index (χ2v) is 5.24. The molecule has 4 nitrogen and oxygen atoms in total. The third-order valence-corrected chi connectivity index (χ3v) is 3.85. The van der Waals surface area contributed by atoms with Gasteiger partial charge >= 0.3 is 0 Å². The molecule has 1 aromatic carbocycles. The van der Waals surface area contributed by atoms with Gasteiger partial charge in [-0.25, -0.2) is 4.98 Å². The topological polar surface area (TPSA) is 36.3 Å². The van der Waals surface area contributed by atoms with Crippen molar-refractivity contribution in [1.29, 1.82) is 0 Å². The van der Waals surface area contributed by atoms with E-state index in [1.54, 1.807) is 6.20 Å². The van der Waals surface area contributed by atoms with E-state index in [1.165, 1.54) is 0 Å². The lowest BCUT2D eigenvalue weighted by Gasteiger charge is -2.28. The van der Waals surface area contributed by atoms with Crippen LogP contribution < -0.4 is 0 Å². The minimum atomic E-state index is -0.696. The number of nitrogens with zero attached hydrogens (tertiary/aromatic N) is 2. The van der Waals surface area contributed by atoms with Crippen molar-refractivity contribution in [1.82, 2.24) is 9.55 Å². The number of imidazole rings is 1. The summed E-state index contributed by atoms with van der Waals surface area (Å²) in [4.78, 5) is 4.04. The number of aromatic nitrogens is 2. The Morgan fingerprint density at radius 2 is 2.05 bits per heavy atom. The molecule has 0 radical (unpaired) electrons. The van der Waals surface area contributed by atoms with Gasteiger partial charge in [-0.1, -0.05) is 29.8 Å². The number of ether oxygens (including phenoxy) is 2. The van der Waals surface area contributed by atoms with Crippen LogP contribution in [0, 0.1) is 0 Å². The van der Waals surface area contributed by atoms with Crippen LogP contribution in [0.3, 0.4) is 0 Å². The summed E-state index contributed by atoms with van der Waals surface area (Å²) in [6, 6.07) is 7.73.